The number of nitrogens with one attached hydrogen (secondary N) is 1. The highest BCUT2D eigenvalue weighted by atomic mass is 79.9. The average Bonchev–Trinajstić information content (AvgIpc) is 2.34. The summed E-state index contributed by atoms with van der Waals surface area (Å²) in [5.41, 5.74) is 0.652. The molecule has 0 aliphatic rings. The summed E-state index contributed by atoms with van der Waals surface area (Å²) < 4.78 is 6.20. The first kappa shape index (κ1) is 15.2. The molecule has 0 bridgehead atoms. The van der Waals surface area contributed by atoms with Gasteiger partial charge in [0.25, 0.3) is 5.91 Å². The van der Waals surface area contributed by atoms with E-state index >= 15 is 0 Å². The molecule has 1 amide bonds. The minimum absolute atomic E-state index is 0.0320. The van der Waals surface area contributed by atoms with Crippen LogP contribution in [0, 0.1) is 5.92 Å². The van der Waals surface area contributed by atoms with Gasteiger partial charge in [-0.25, -0.2) is 0 Å². The highest BCUT2D eigenvalue weighted by Gasteiger charge is 2.18. The van der Waals surface area contributed by atoms with Gasteiger partial charge in [0.15, 0.2) is 0 Å². The quantitative estimate of drug-likeness (QED) is 0.875. The molecule has 0 aliphatic carbocycles. The Morgan fingerprint density at radius 3 is 2.61 bits per heavy atom. The lowest BCUT2D eigenvalue weighted by atomic mass is 10.0. The number of hydrogen-bond donors (Lipinski definition) is 1. The molecule has 0 saturated heterocycles. The number of benzene rings is 1. The Hall–Kier alpha value is -0.870. The molecule has 100 valence electrons. The molecule has 1 aromatic rings. The van der Waals surface area contributed by atoms with Crippen molar-refractivity contribution in [3.8, 4) is 0 Å². The smallest absolute Gasteiger partial charge is 0.252 e. The largest absolute Gasteiger partial charge is 0.380 e. The first-order valence-corrected chi connectivity index (χ1v) is 6.98. The van der Waals surface area contributed by atoms with Crippen molar-refractivity contribution in [3.63, 3.8) is 0 Å². The van der Waals surface area contributed by atoms with Crippen molar-refractivity contribution >= 4 is 21.8 Å². The predicted octanol–water partition coefficient (Wildman–Crippen LogP) is 3.24. The second kappa shape index (κ2) is 7.54. The third-order valence-electron chi connectivity index (χ3n) is 2.74. The van der Waals surface area contributed by atoms with Crippen LogP contribution in [0.15, 0.2) is 28.7 Å². The standard InChI is InChI=1S/C14H20BrNO2/c1-4-18-9-13(10(2)3)16-14(17)11-7-5-6-8-12(11)15/h5-8,10,13H,4,9H2,1-3H3,(H,16,17). The summed E-state index contributed by atoms with van der Waals surface area (Å²) in [6, 6.07) is 7.44. The molecular weight excluding hydrogens is 294 g/mol. The van der Waals surface area contributed by atoms with Crippen LogP contribution < -0.4 is 5.32 Å². The van der Waals surface area contributed by atoms with E-state index in [-0.39, 0.29) is 11.9 Å². The van der Waals surface area contributed by atoms with Crippen LogP contribution in [0.5, 0.6) is 0 Å². The van der Waals surface area contributed by atoms with Gasteiger partial charge in [-0.2, -0.15) is 0 Å². The average molecular weight is 314 g/mol. The molecule has 1 N–H and O–H groups in total. The van der Waals surface area contributed by atoms with Gasteiger partial charge in [0.2, 0.25) is 0 Å². The predicted molar refractivity (Wildman–Crippen MR) is 76.7 cm³/mol. The van der Waals surface area contributed by atoms with Gasteiger partial charge in [0.1, 0.15) is 0 Å². The Bertz CT molecular complexity index is 393. The fraction of sp³-hybridized carbons (Fsp3) is 0.500. The van der Waals surface area contributed by atoms with Gasteiger partial charge >= 0.3 is 0 Å². The Kier molecular flexibility index (Phi) is 6.36. The van der Waals surface area contributed by atoms with Crippen LogP contribution in [-0.2, 0) is 4.74 Å². The highest BCUT2D eigenvalue weighted by Crippen LogP contribution is 2.16. The molecule has 18 heavy (non-hydrogen) atoms. The van der Waals surface area contributed by atoms with Crippen molar-refractivity contribution in [3.05, 3.63) is 34.3 Å². The minimum atomic E-state index is -0.0686. The van der Waals surface area contributed by atoms with Crippen LogP contribution in [-0.4, -0.2) is 25.2 Å². The zero-order valence-electron chi connectivity index (χ0n) is 11.1. The van der Waals surface area contributed by atoms with Gasteiger partial charge in [-0.3, -0.25) is 4.79 Å². The monoisotopic (exact) mass is 313 g/mol. The topological polar surface area (TPSA) is 38.3 Å². The summed E-state index contributed by atoms with van der Waals surface area (Å²) in [5, 5.41) is 3.01. The number of carbonyl (C=O) groups excluding carboxylic acids is 1. The molecule has 0 radical (unpaired) electrons. The van der Waals surface area contributed by atoms with Crippen LogP contribution >= 0.6 is 15.9 Å². The van der Waals surface area contributed by atoms with Gasteiger partial charge in [0.05, 0.1) is 18.2 Å². The molecule has 1 aromatic carbocycles. The van der Waals surface area contributed by atoms with E-state index in [0.717, 1.165) is 4.47 Å². The van der Waals surface area contributed by atoms with E-state index < -0.39 is 0 Å². The fourth-order valence-corrected chi connectivity index (χ4v) is 2.00. The van der Waals surface area contributed by atoms with Crippen molar-refractivity contribution in [2.75, 3.05) is 13.2 Å². The first-order valence-electron chi connectivity index (χ1n) is 6.19. The van der Waals surface area contributed by atoms with Gasteiger partial charge in [-0.15, -0.1) is 0 Å². The molecule has 1 atom stereocenters. The third-order valence-corrected chi connectivity index (χ3v) is 3.43. The van der Waals surface area contributed by atoms with E-state index in [2.05, 4.69) is 35.1 Å². The maximum absolute atomic E-state index is 12.1. The van der Waals surface area contributed by atoms with Crippen molar-refractivity contribution in [1.82, 2.24) is 5.32 Å². The summed E-state index contributed by atoms with van der Waals surface area (Å²) in [6.07, 6.45) is 0. The molecule has 0 fully saturated rings. The SMILES string of the molecule is CCOCC(NC(=O)c1ccccc1Br)C(C)C. The summed E-state index contributed by atoms with van der Waals surface area (Å²) in [5.74, 6) is 0.267. The zero-order valence-corrected chi connectivity index (χ0v) is 12.7. The molecule has 4 heteroatoms. The van der Waals surface area contributed by atoms with E-state index in [0.29, 0.717) is 24.7 Å². The zero-order chi connectivity index (χ0) is 13.5. The van der Waals surface area contributed by atoms with Crippen LogP contribution in [0.25, 0.3) is 0 Å². The Labute approximate surface area is 117 Å². The second-order valence-electron chi connectivity index (χ2n) is 4.46. The Balaban J connectivity index is 2.69. The maximum atomic E-state index is 12.1. The number of ether oxygens (including phenoxy) is 1. The van der Waals surface area contributed by atoms with Gasteiger partial charge in [-0.05, 0) is 40.9 Å². The van der Waals surface area contributed by atoms with Crippen LogP contribution in [0.2, 0.25) is 0 Å². The summed E-state index contributed by atoms with van der Waals surface area (Å²) in [6.45, 7) is 7.31. The van der Waals surface area contributed by atoms with Crippen LogP contribution in [0.4, 0.5) is 0 Å². The lowest BCUT2D eigenvalue weighted by molar-refractivity contribution is 0.0805. The molecule has 0 aliphatic heterocycles. The van der Waals surface area contributed by atoms with E-state index in [9.17, 15) is 4.79 Å². The van der Waals surface area contributed by atoms with Crippen molar-refractivity contribution in [2.24, 2.45) is 5.92 Å². The first-order chi connectivity index (χ1) is 8.56. The molecule has 0 saturated carbocycles. The van der Waals surface area contributed by atoms with Gasteiger partial charge in [0, 0.05) is 11.1 Å². The molecule has 1 unspecified atom stereocenters. The van der Waals surface area contributed by atoms with Gasteiger partial charge < -0.3 is 10.1 Å². The summed E-state index contributed by atoms with van der Waals surface area (Å²) >= 11 is 3.38. The van der Waals surface area contributed by atoms with Crippen molar-refractivity contribution in [2.45, 2.75) is 26.8 Å². The normalized spacial score (nSPS) is 12.5. The number of carbonyl (C=O) groups is 1. The number of hydrogen-bond acceptors (Lipinski definition) is 2. The fourth-order valence-electron chi connectivity index (χ4n) is 1.54. The number of halogens is 1. The maximum Gasteiger partial charge on any atom is 0.252 e. The molecule has 1 rings (SSSR count). The highest BCUT2D eigenvalue weighted by molar-refractivity contribution is 9.10. The molecule has 0 aromatic heterocycles. The van der Waals surface area contributed by atoms with E-state index in [1.165, 1.54) is 0 Å². The lowest BCUT2D eigenvalue weighted by Crippen LogP contribution is -2.42. The number of amides is 1. The molecule has 0 spiro atoms. The molecule has 3 nitrogen and oxygen atoms in total. The Morgan fingerprint density at radius 1 is 1.39 bits per heavy atom. The molecule has 0 heterocycles. The minimum Gasteiger partial charge on any atom is -0.380 e. The number of rotatable bonds is 6. The van der Waals surface area contributed by atoms with E-state index in [4.69, 9.17) is 4.74 Å². The summed E-state index contributed by atoms with van der Waals surface area (Å²) in [4.78, 5) is 12.1. The Morgan fingerprint density at radius 2 is 2.06 bits per heavy atom. The summed E-state index contributed by atoms with van der Waals surface area (Å²) in [7, 11) is 0. The molecular formula is C14H20BrNO2. The van der Waals surface area contributed by atoms with Crippen LogP contribution in [0.1, 0.15) is 31.1 Å². The van der Waals surface area contributed by atoms with Gasteiger partial charge in [-0.1, -0.05) is 26.0 Å². The van der Waals surface area contributed by atoms with E-state index in [1.54, 1.807) is 6.07 Å². The van der Waals surface area contributed by atoms with E-state index in [1.807, 2.05) is 25.1 Å². The van der Waals surface area contributed by atoms with Crippen LogP contribution in [0.3, 0.4) is 0 Å². The van der Waals surface area contributed by atoms with Crippen molar-refractivity contribution < 1.29 is 9.53 Å². The van der Waals surface area contributed by atoms with Crippen molar-refractivity contribution in [1.29, 1.82) is 0 Å². The lowest BCUT2D eigenvalue weighted by Gasteiger charge is -2.22. The third kappa shape index (κ3) is 4.42. The second-order valence-corrected chi connectivity index (χ2v) is 5.32.